The van der Waals surface area contributed by atoms with E-state index in [0.717, 1.165) is 24.1 Å². The summed E-state index contributed by atoms with van der Waals surface area (Å²) in [6, 6.07) is 15.0. The van der Waals surface area contributed by atoms with Crippen LogP contribution in [-0.4, -0.2) is 35.7 Å². The summed E-state index contributed by atoms with van der Waals surface area (Å²) in [5.41, 5.74) is 9.03. The van der Waals surface area contributed by atoms with E-state index in [0.29, 0.717) is 17.7 Å². The van der Waals surface area contributed by atoms with Crippen LogP contribution in [0.25, 0.3) is 11.1 Å². The zero-order chi connectivity index (χ0) is 16.4. The summed E-state index contributed by atoms with van der Waals surface area (Å²) in [5, 5.41) is 0. The highest BCUT2D eigenvalue weighted by atomic mass is 16.2. The molecular formula is C19H20N2O2. The minimum Gasteiger partial charge on any atom is -0.337 e. The molecule has 1 unspecified atom stereocenters. The van der Waals surface area contributed by atoms with Crippen molar-refractivity contribution in [1.29, 1.82) is 0 Å². The number of carbonyl (C=O) groups excluding carboxylic acids is 2. The van der Waals surface area contributed by atoms with E-state index in [1.54, 1.807) is 11.8 Å². The maximum absolute atomic E-state index is 12.4. The van der Waals surface area contributed by atoms with Crippen LogP contribution in [0.4, 0.5) is 0 Å². The van der Waals surface area contributed by atoms with Gasteiger partial charge in [-0.25, -0.2) is 0 Å². The molecule has 2 N–H and O–H groups in total. The highest BCUT2D eigenvalue weighted by molar-refractivity contribution is 6.01. The Morgan fingerprint density at radius 3 is 2.39 bits per heavy atom. The Morgan fingerprint density at radius 2 is 1.78 bits per heavy atom. The Balaban J connectivity index is 1.85. The first-order valence-corrected chi connectivity index (χ1v) is 7.81. The van der Waals surface area contributed by atoms with Crippen molar-refractivity contribution in [2.45, 2.75) is 19.4 Å². The van der Waals surface area contributed by atoms with E-state index in [2.05, 4.69) is 0 Å². The molecule has 118 valence electrons. The SMILES string of the molecule is CC(=O)c1ccccc1-c1ccc(C(=O)N2CCC(N)C2)cc1. The van der Waals surface area contributed by atoms with Crippen molar-refractivity contribution in [3.05, 3.63) is 59.7 Å². The monoisotopic (exact) mass is 308 g/mol. The van der Waals surface area contributed by atoms with E-state index in [-0.39, 0.29) is 17.7 Å². The van der Waals surface area contributed by atoms with Crippen LogP contribution in [0.3, 0.4) is 0 Å². The second-order valence-electron chi connectivity index (χ2n) is 5.98. The summed E-state index contributed by atoms with van der Waals surface area (Å²) < 4.78 is 0. The fourth-order valence-corrected chi connectivity index (χ4v) is 2.99. The van der Waals surface area contributed by atoms with Gasteiger partial charge in [-0.3, -0.25) is 9.59 Å². The molecule has 1 heterocycles. The van der Waals surface area contributed by atoms with Crippen molar-refractivity contribution < 1.29 is 9.59 Å². The zero-order valence-corrected chi connectivity index (χ0v) is 13.2. The van der Waals surface area contributed by atoms with Crippen LogP contribution in [0.2, 0.25) is 0 Å². The third-order valence-electron chi connectivity index (χ3n) is 4.26. The summed E-state index contributed by atoms with van der Waals surface area (Å²) in [6.07, 6.45) is 0.857. The zero-order valence-electron chi connectivity index (χ0n) is 13.2. The van der Waals surface area contributed by atoms with E-state index in [1.807, 2.05) is 48.5 Å². The Labute approximate surface area is 135 Å². The lowest BCUT2D eigenvalue weighted by Crippen LogP contribution is -2.31. The summed E-state index contributed by atoms with van der Waals surface area (Å²) in [4.78, 5) is 26.0. The maximum atomic E-state index is 12.4. The van der Waals surface area contributed by atoms with Crippen LogP contribution in [0.15, 0.2) is 48.5 Å². The molecule has 4 heteroatoms. The molecule has 1 atom stereocenters. The number of carbonyl (C=O) groups is 2. The van der Waals surface area contributed by atoms with Crippen molar-refractivity contribution in [2.24, 2.45) is 5.73 Å². The summed E-state index contributed by atoms with van der Waals surface area (Å²) in [6.45, 7) is 2.90. The topological polar surface area (TPSA) is 63.4 Å². The van der Waals surface area contributed by atoms with Gasteiger partial charge in [-0.1, -0.05) is 36.4 Å². The molecule has 3 rings (SSSR count). The first-order valence-electron chi connectivity index (χ1n) is 7.81. The lowest BCUT2D eigenvalue weighted by atomic mass is 9.96. The molecule has 1 saturated heterocycles. The number of benzene rings is 2. The van der Waals surface area contributed by atoms with E-state index < -0.39 is 0 Å². The van der Waals surface area contributed by atoms with Gasteiger partial charge in [-0.2, -0.15) is 0 Å². The molecule has 1 fully saturated rings. The van der Waals surface area contributed by atoms with Gasteiger partial charge in [0.2, 0.25) is 0 Å². The van der Waals surface area contributed by atoms with Gasteiger partial charge >= 0.3 is 0 Å². The van der Waals surface area contributed by atoms with E-state index in [1.165, 1.54) is 0 Å². The predicted octanol–water partition coefficient (Wildman–Crippen LogP) is 2.73. The summed E-state index contributed by atoms with van der Waals surface area (Å²) >= 11 is 0. The van der Waals surface area contributed by atoms with Gasteiger partial charge in [0.15, 0.2) is 5.78 Å². The molecule has 4 nitrogen and oxygen atoms in total. The Morgan fingerprint density at radius 1 is 1.09 bits per heavy atom. The van der Waals surface area contributed by atoms with Crippen molar-refractivity contribution in [2.75, 3.05) is 13.1 Å². The van der Waals surface area contributed by atoms with Crippen molar-refractivity contribution in [1.82, 2.24) is 4.90 Å². The van der Waals surface area contributed by atoms with Gasteiger partial charge in [-0.05, 0) is 36.6 Å². The third-order valence-corrected chi connectivity index (χ3v) is 4.26. The van der Waals surface area contributed by atoms with Gasteiger partial charge in [0.05, 0.1) is 0 Å². The number of hydrogen-bond donors (Lipinski definition) is 1. The van der Waals surface area contributed by atoms with Gasteiger partial charge in [0.25, 0.3) is 5.91 Å². The fraction of sp³-hybridized carbons (Fsp3) is 0.263. The average molecular weight is 308 g/mol. The van der Waals surface area contributed by atoms with Crippen molar-refractivity contribution in [3.8, 4) is 11.1 Å². The summed E-state index contributed by atoms with van der Waals surface area (Å²) in [7, 11) is 0. The third kappa shape index (κ3) is 3.17. The highest BCUT2D eigenvalue weighted by Crippen LogP contribution is 2.25. The van der Waals surface area contributed by atoms with Crippen LogP contribution in [0.1, 0.15) is 34.1 Å². The van der Waals surface area contributed by atoms with Crippen LogP contribution in [0.5, 0.6) is 0 Å². The smallest absolute Gasteiger partial charge is 0.253 e. The van der Waals surface area contributed by atoms with Crippen LogP contribution in [-0.2, 0) is 0 Å². The van der Waals surface area contributed by atoms with E-state index in [4.69, 9.17) is 5.73 Å². The number of hydrogen-bond acceptors (Lipinski definition) is 3. The molecule has 0 saturated carbocycles. The quantitative estimate of drug-likeness (QED) is 0.887. The largest absolute Gasteiger partial charge is 0.337 e. The molecular weight excluding hydrogens is 288 g/mol. The second kappa shape index (κ2) is 6.34. The van der Waals surface area contributed by atoms with E-state index >= 15 is 0 Å². The fourth-order valence-electron chi connectivity index (χ4n) is 2.99. The van der Waals surface area contributed by atoms with Gasteiger partial charge in [0, 0.05) is 30.3 Å². The normalized spacial score (nSPS) is 17.3. The number of likely N-dealkylation sites (tertiary alicyclic amines) is 1. The lowest BCUT2D eigenvalue weighted by molar-refractivity contribution is 0.0790. The molecule has 0 radical (unpaired) electrons. The number of amides is 1. The Kier molecular flexibility index (Phi) is 4.26. The number of Topliss-reactive ketones (excluding diaryl/α,β-unsaturated/α-hetero) is 1. The number of nitrogens with zero attached hydrogens (tertiary/aromatic N) is 1. The van der Waals surface area contributed by atoms with Crippen LogP contribution < -0.4 is 5.73 Å². The minimum atomic E-state index is 0.0179. The molecule has 2 aromatic carbocycles. The number of ketones is 1. The number of nitrogens with two attached hydrogens (primary N) is 1. The maximum Gasteiger partial charge on any atom is 0.253 e. The molecule has 0 aliphatic carbocycles. The molecule has 1 aliphatic heterocycles. The van der Waals surface area contributed by atoms with E-state index in [9.17, 15) is 9.59 Å². The standard InChI is InChI=1S/C19H20N2O2/c1-13(22)17-4-2-3-5-18(17)14-6-8-15(9-7-14)19(23)21-11-10-16(20)12-21/h2-9,16H,10-12,20H2,1H3. The molecule has 1 amide bonds. The Bertz CT molecular complexity index is 737. The van der Waals surface area contributed by atoms with Gasteiger partial charge in [-0.15, -0.1) is 0 Å². The lowest BCUT2D eigenvalue weighted by Gasteiger charge is -2.16. The minimum absolute atomic E-state index is 0.0179. The first kappa shape index (κ1) is 15.4. The highest BCUT2D eigenvalue weighted by Gasteiger charge is 2.24. The van der Waals surface area contributed by atoms with Gasteiger partial charge < -0.3 is 10.6 Å². The van der Waals surface area contributed by atoms with Crippen molar-refractivity contribution >= 4 is 11.7 Å². The molecule has 0 bridgehead atoms. The average Bonchev–Trinajstić information content (AvgIpc) is 3.01. The van der Waals surface area contributed by atoms with Crippen LogP contribution >= 0.6 is 0 Å². The molecule has 0 spiro atoms. The predicted molar refractivity (Wildman–Crippen MR) is 90.4 cm³/mol. The summed E-state index contributed by atoms with van der Waals surface area (Å²) in [5.74, 6) is 0.0520. The van der Waals surface area contributed by atoms with Crippen molar-refractivity contribution in [3.63, 3.8) is 0 Å². The molecule has 23 heavy (non-hydrogen) atoms. The number of rotatable bonds is 3. The second-order valence-corrected chi connectivity index (χ2v) is 5.98. The molecule has 0 aromatic heterocycles. The Hall–Kier alpha value is -2.46. The first-order chi connectivity index (χ1) is 11.1. The van der Waals surface area contributed by atoms with Crippen LogP contribution in [0, 0.1) is 0 Å². The molecule has 2 aromatic rings. The van der Waals surface area contributed by atoms with Gasteiger partial charge in [0.1, 0.15) is 0 Å². The molecule has 1 aliphatic rings.